The first-order valence-electron chi connectivity index (χ1n) is 10.2. The van der Waals surface area contributed by atoms with Crippen molar-refractivity contribution in [3.05, 3.63) is 106 Å². The summed E-state index contributed by atoms with van der Waals surface area (Å²) in [4.78, 5) is 28.0. The monoisotopic (exact) mass is 476 g/mol. The van der Waals surface area contributed by atoms with Crippen LogP contribution in [0.5, 0.6) is 0 Å². The van der Waals surface area contributed by atoms with Crippen LogP contribution < -0.4 is 4.90 Å². The fourth-order valence-corrected chi connectivity index (χ4v) is 4.68. The molecule has 164 valence electrons. The van der Waals surface area contributed by atoms with E-state index in [1.54, 1.807) is 48.5 Å². The van der Waals surface area contributed by atoms with E-state index >= 15 is 0 Å². The summed E-state index contributed by atoms with van der Waals surface area (Å²) in [6.45, 7) is 0. The van der Waals surface area contributed by atoms with Crippen molar-refractivity contribution in [2.45, 2.75) is 6.04 Å². The van der Waals surface area contributed by atoms with Gasteiger partial charge >= 0.3 is 0 Å². The number of rotatable bonds is 3. The summed E-state index contributed by atoms with van der Waals surface area (Å²) < 4.78 is 1.94. The number of Topliss-reactive ketones (excluding diaryl/α,β-unsaturated/α-hetero) is 1. The molecule has 0 aliphatic carbocycles. The second kappa shape index (κ2) is 8.10. The van der Waals surface area contributed by atoms with Crippen molar-refractivity contribution in [3.8, 4) is 0 Å². The normalized spacial score (nSPS) is 17.8. The summed E-state index contributed by atoms with van der Waals surface area (Å²) in [5.74, 6) is -1.75. The number of hydrogen-bond donors (Lipinski definition) is 1. The van der Waals surface area contributed by atoms with Crippen molar-refractivity contribution < 1.29 is 14.7 Å². The molecule has 1 aromatic heterocycles. The van der Waals surface area contributed by atoms with Crippen molar-refractivity contribution in [3.63, 3.8) is 0 Å². The van der Waals surface area contributed by atoms with Gasteiger partial charge in [0.25, 0.3) is 11.7 Å². The van der Waals surface area contributed by atoms with Gasteiger partial charge in [0.15, 0.2) is 0 Å². The van der Waals surface area contributed by atoms with Gasteiger partial charge < -0.3 is 9.67 Å². The number of hydrogen-bond acceptors (Lipinski definition) is 3. The molecule has 1 saturated heterocycles. The topological polar surface area (TPSA) is 62.5 Å². The molecule has 33 heavy (non-hydrogen) atoms. The van der Waals surface area contributed by atoms with Crippen LogP contribution in [0, 0.1) is 0 Å². The van der Waals surface area contributed by atoms with E-state index in [0.717, 1.165) is 16.5 Å². The standard InChI is InChI=1S/C26H18Cl2N2O3/c1-29-14-20(19-7-2-3-8-21(19)29)23-22(24(31)15-9-11-16(27)12-10-15)25(32)26(33)30(23)18-6-4-5-17(28)13-18/h2-14,23,31H,1H3/b24-22+. The lowest BCUT2D eigenvalue weighted by atomic mass is 9.95. The van der Waals surface area contributed by atoms with E-state index in [2.05, 4.69) is 0 Å². The summed E-state index contributed by atoms with van der Waals surface area (Å²) in [5, 5.41) is 13.0. The zero-order chi connectivity index (χ0) is 23.3. The van der Waals surface area contributed by atoms with Crippen LogP contribution in [0.1, 0.15) is 17.2 Å². The van der Waals surface area contributed by atoms with E-state index in [9.17, 15) is 14.7 Å². The first-order chi connectivity index (χ1) is 15.9. The Labute approximate surface area is 200 Å². The number of para-hydroxylation sites is 1. The highest BCUT2D eigenvalue weighted by molar-refractivity contribution is 6.52. The van der Waals surface area contributed by atoms with Gasteiger partial charge in [0.05, 0.1) is 11.6 Å². The minimum atomic E-state index is -0.842. The molecule has 1 fully saturated rings. The van der Waals surface area contributed by atoms with Crippen LogP contribution in [0.2, 0.25) is 10.0 Å². The molecule has 4 aromatic rings. The molecule has 2 heterocycles. The van der Waals surface area contributed by atoms with Gasteiger partial charge in [-0.05, 0) is 48.5 Å². The Morgan fingerprint density at radius 3 is 2.36 bits per heavy atom. The minimum Gasteiger partial charge on any atom is -0.507 e. The lowest BCUT2D eigenvalue weighted by Crippen LogP contribution is -2.29. The Balaban J connectivity index is 1.81. The molecule has 1 aliphatic heterocycles. The number of aryl methyl sites for hydroxylation is 1. The van der Waals surface area contributed by atoms with Crippen LogP contribution in [0.15, 0.2) is 84.6 Å². The Bertz CT molecular complexity index is 1450. The number of benzene rings is 3. The lowest BCUT2D eigenvalue weighted by Gasteiger charge is -2.25. The molecule has 0 radical (unpaired) electrons. The van der Waals surface area contributed by atoms with Crippen LogP contribution in [0.4, 0.5) is 5.69 Å². The van der Waals surface area contributed by atoms with Crippen molar-refractivity contribution >= 4 is 57.2 Å². The SMILES string of the molecule is Cn1cc(C2/C(=C(\O)c3ccc(Cl)cc3)C(=O)C(=O)N2c2cccc(Cl)c2)c2ccccc21. The molecule has 0 bridgehead atoms. The fourth-order valence-electron chi connectivity index (χ4n) is 4.37. The minimum absolute atomic E-state index is 0.0126. The van der Waals surface area contributed by atoms with Gasteiger partial charge in [-0.15, -0.1) is 0 Å². The Morgan fingerprint density at radius 1 is 0.909 bits per heavy atom. The number of anilines is 1. The quantitative estimate of drug-likeness (QED) is 0.220. The molecule has 5 rings (SSSR count). The van der Waals surface area contributed by atoms with Crippen LogP contribution in [0.3, 0.4) is 0 Å². The average Bonchev–Trinajstić information content (AvgIpc) is 3.27. The molecule has 1 unspecified atom stereocenters. The lowest BCUT2D eigenvalue weighted by molar-refractivity contribution is -0.132. The van der Waals surface area contributed by atoms with Gasteiger partial charge in [-0.2, -0.15) is 0 Å². The van der Waals surface area contributed by atoms with Crippen LogP contribution in [0.25, 0.3) is 16.7 Å². The smallest absolute Gasteiger partial charge is 0.300 e. The number of halogens is 2. The van der Waals surface area contributed by atoms with Crippen LogP contribution >= 0.6 is 23.2 Å². The molecular weight excluding hydrogens is 459 g/mol. The van der Waals surface area contributed by atoms with Crippen molar-refractivity contribution in [1.29, 1.82) is 0 Å². The third-order valence-corrected chi connectivity index (χ3v) is 6.36. The summed E-state index contributed by atoms with van der Waals surface area (Å²) in [6.07, 6.45) is 1.88. The zero-order valence-corrected chi connectivity index (χ0v) is 19.0. The van der Waals surface area contributed by atoms with Crippen LogP contribution in [-0.2, 0) is 16.6 Å². The maximum Gasteiger partial charge on any atom is 0.300 e. The van der Waals surface area contributed by atoms with E-state index in [1.165, 1.54) is 4.90 Å². The highest BCUT2D eigenvalue weighted by Crippen LogP contribution is 2.45. The molecule has 1 amide bonds. The van der Waals surface area contributed by atoms with Crippen LogP contribution in [-0.4, -0.2) is 21.4 Å². The highest BCUT2D eigenvalue weighted by Gasteiger charge is 2.47. The molecule has 7 heteroatoms. The van der Waals surface area contributed by atoms with Gasteiger partial charge in [0, 0.05) is 51.0 Å². The molecule has 5 nitrogen and oxygen atoms in total. The number of carbonyl (C=O) groups excluding carboxylic acids is 2. The van der Waals surface area contributed by atoms with Gasteiger partial charge in [-0.1, -0.05) is 47.5 Å². The third-order valence-electron chi connectivity index (χ3n) is 5.87. The molecule has 1 atom stereocenters. The van der Waals surface area contributed by atoms with Gasteiger partial charge in [-0.3, -0.25) is 14.5 Å². The molecule has 1 aliphatic rings. The van der Waals surface area contributed by atoms with Crippen molar-refractivity contribution in [2.75, 3.05) is 4.90 Å². The molecule has 0 saturated carbocycles. The summed E-state index contributed by atoms with van der Waals surface area (Å²) in [6, 6.07) is 20.1. The largest absolute Gasteiger partial charge is 0.507 e. The predicted octanol–water partition coefficient (Wildman–Crippen LogP) is 6.11. The molecule has 3 aromatic carbocycles. The number of aromatic nitrogens is 1. The Morgan fingerprint density at radius 2 is 1.64 bits per heavy atom. The zero-order valence-electron chi connectivity index (χ0n) is 17.5. The number of amides is 1. The number of ketones is 1. The number of nitrogens with zero attached hydrogens (tertiary/aromatic N) is 2. The summed E-state index contributed by atoms with van der Waals surface area (Å²) in [5.41, 5.74) is 2.54. The van der Waals surface area contributed by atoms with Gasteiger partial charge in [0.2, 0.25) is 0 Å². The maximum atomic E-state index is 13.3. The average molecular weight is 477 g/mol. The first-order valence-corrected chi connectivity index (χ1v) is 11.0. The summed E-state index contributed by atoms with van der Waals surface area (Å²) >= 11 is 12.2. The number of carbonyl (C=O) groups is 2. The van der Waals surface area contributed by atoms with E-state index in [4.69, 9.17) is 23.2 Å². The third kappa shape index (κ3) is 3.50. The van der Waals surface area contributed by atoms with Gasteiger partial charge in [0.1, 0.15) is 5.76 Å². The van der Waals surface area contributed by atoms with Crippen molar-refractivity contribution in [2.24, 2.45) is 7.05 Å². The van der Waals surface area contributed by atoms with E-state index in [0.29, 0.717) is 21.3 Å². The Kier molecular flexibility index (Phi) is 5.23. The summed E-state index contributed by atoms with van der Waals surface area (Å²) in [7, 11) is 1.90. The van der Waals surface area contributed by atoms with E-state index in [-0.39, 0.29) is 11.3 Å². The molecular formula is C26H18Cl2N2O3. The maximum absolute atomic E-state index is 13.3. The fraction of sp³-hybridized carbons (Fsp3) is 0.0769. The predicted molar refractivity (Wildman–Crippen MR) is 131 cm³/mol. The molecule has 1 N–H and O–H groups in total. The number of aliphatic hydroxyl groups excluding tert-OH is 1. The van der Waals surface area contributed by atoms with Gasteiger partial charge in [-0.25, -0.2) is 0 Å². The highest BCUT2D eigenvalue weighted by atomic mass is 35.5. The second-order valence-corrected chi connectivity index (χ2v) is 8.74. The molecule has 0 spiro atoms. The Hall–Kier alpha value is -3.54. The van der Waals surface area contributed by atoms with Crippen molar-refractivity contribution in [1.82, 2.24) is 4.57 Å². The first kappa shape index (κ1) is 21.3. The second-order valence-electron chi connectivity index (χ2n) is 7.87. The number of aliphatic hydroxyl groups is 1. The van der Waals surface area contributed by atoms with E-state index < -0.39 is 17.7 Å². The van der Waals surface area contributed by atoms with E-state index in [1.807, 2.05) is 42.1 Å². The number of fused-ring (bicyclic) bond motifs is 1.